The van der Waals surface area contributed by atoms with Crippen molar-refractivity contribution in [3.63, 3.8) is 0 Å². The van der Waals surface area contributed by atoms with E-state index in [1.807, 2.05) is 24.3 Å². The van der Waals surface area contributed by atoms with Crippen LogP contribution in [-0.2, 0) is 6.42 Å². The van der Waals surface area contributed by atoms with Crippen molar-refractivity contribution in [2.75, 3.05) is 19.0 Å². The van der Waals surface area contributed by atoms with Crippen molar-refractivity contribution in [2.24, 2.45) is 0 Å². The molecular formula is C15H17NO2. The maximum Gasteiger partial charge on any atom is 0.160 e. The minimum Gasteiger partial charge on any atom is -0.504 e. The molecule has 2 rings (SSSR count). The van der Waals surface area contributed by atoms with Gasteiger partial charge in [0.05, 0.1) is 7.11 Å². The van der Waals surface area contributed by atoms with Crippen LogP contribution in [0.15, 0.2) is 48.5 Å². The summed E-state index contributed by atoms with van der Waals surface area (Å²) in [6.07, 6.45) is 0.952. The van der Waals surface area contributed by atoms with Crippen LogP contribution in [0.1, 0.15) is 5.56 Å². The molecule has 2 aromatic carbocycles. The van der Waals surface area contributed by atoms with Gasteiger partial charge in [-0.1, -0.05) is 30.3 Å². The first kappa shape index (κ1) is 12.3. The van der Waals surface area contributed by atoms with Gasteiger partial charge in [-0.05, 0) is 24.1 Å². The van der Waals surface area contributed by atoms with Gasteiger partial charge >= 0.3 is 0 Å². The van der Waals surface area contributed by atoms with Crippen LogP contribution < -0.4 is 10.1 Å². The zero-order valence-corrected chi connectivity index (χ0v) is 10.4. The van der Waals surface area contributed by atoms with Crippen LogP contribution in [0.25, 0.3) is 0 Å². The minimum absolute atomic E-state index is 0.155. The summed E-state index contributed by atoms with van der Waals surface area (Å²) in [5, 5.41) is 12.9. The van der Waals surface area contributed by atoms with E-state index in [2.05, 4.69) is 17.4 Å². The van der Waals surface area contributed by atoms with Crippen LogP contribution in [0.3, 0.4) is 0 Å². The maximum atomic E-state index is 9.64. The lowest BCUT2D eigenvalue weighted by Crippen LogP contribution is -2.04. The lowest BCUT2D eigenvalue weighted by molar-refractivity contribution is 0.373. The van der Waals surface area contributed by atoms with E-state index < -0.39 is 0 Å². The van der Waals surface area contributed by atoms with Crippen LogP contribution in [0, 0.1) is 0 Å². The Kier molecular flexibility index (Phi) is 4.07. The molecule has 0 unspecified atom stereocenters. The summed E-state index contributed by atoms with van der Waals surface area (Å²) >= 11 is 0. The third kappa shape index (κ3) is 3.17. The van der Waals surface area contributed by atoms with E-state index in [4.69, 9.17) is 4.74 Å². The molecule has 0 saturated carbocycles. The van der Waals surface area contributed by atoms with Crippen molar-refractivity contribution >= 4 is 5.69 Å². The molecule has 0 atom stereocenters. The van der Waals surface area contributed by atoms with Crippen molar-refractivity contribution in [3.05, 3.63) is 54.1 Å². The molecule has 0 aliphatic rings. The van der Waals surface area contributed by atoms with Gasteiger partial charge in [0.1, 0.15) is 0 Å². The van der Waals surface area contributed by atoms with Crippen LogP contribution >= 0.6 is 0 Å². The Bertz CT molecular complexity index is 497. The molecule has 0 amide bonds. The van der Waals surface area contributed by atoms with Gasteiger partial charge in [-0.15, -0.1) is 0 Å². The van der Waals surface area contributed by atoms with E-state index in [1.165, 1.54) is 12.7 Å². The first-order valence-corrected chi connectivity index (χ1v) is 5.94. The fraction of sp³-hybridized carbons (Fsp3) is 0.200. The summed E-state index contributed by atoms with van der Waals surface area (Å²) in [5.41, 5.74) is 2.19. The SMILES string of the molecule is COc1ccc(NCCc2ccccc2)cc1O. The van der Waals surface area contributed by atoms with Gasteiger partial charge in [-0.3, -0.25) is 0 Å². The molecule has 2 N–H and O–H groups in total. The summed E-state index contributed by atoms with van der Waals surface area (Å²) in [6.45, 7) is 0.829. The van der Waals surface area contributed by atoms with Gasteiger partial charge in [-0.2, -0.15) is 0 Å². The number of hydrogen-bond donors (Lipinski definition) is 2. The number of rotatable bonds is 5. The Hall–Kier alpha value is -2.16. The molecule has 0 heterocycles. The first-order chi connectivity index (χ1) is 8.79. The third-order valence-corrected chi connectivity index (χ3v) is 2.76. The average molecular weight is 243 g/mol. The smallest absolute Gasteiger partial charge is 0.160 e. The van der Waals surface area contributed by atoms with Crippen LogP contribution in [0.5, 0.6) is 11.5 Å². The van der Waals surface area contributed by atoms with Gasteiger partial charge in [-0.25, -0.2) is 0 Å². The zero-order valence-electron chi connectivity index (χ0n) is 10.4. The molecule has 0 aliphatic heterocycles. The van der Waals surface area contributed by atoms with Crippen LogP contribution in [0.2, 0.25) is 0 Å². The topological polar surface area (TPSA) is 41.5 Å². The van der Waals surface area contributed by atoms with Gasteiger partial charge in [0.25, 0.3) is 0 Å². The van der Waals surface area contributed by atoms with Crippen LogP contribution in [-0.4, -0.2) is 18.8 Å². The average Bonchev–Trinajstić information content (AvgIpc) is 2.40. The number of methoxy groups -OCH3 is 1. The van der Waals surface area contributed by atoms with E-state index in [-0.39, 0.29) is 5.75 Å². The minimum atomic E-state index is 0.155. The summed E-state index contributed by atoms with van der Waals surface area (Å²) in [7, 11) is 1.54. The number of benzene rings is 2. The number of nitrogens with one attached hydrogen (secondary N) is 1. The molecule has 0 radical (unpaired) electrons. The van der Waals surface area contributed by atoms with E-state index in [9.17, 15) is 5.11 Å². The number of aromatic hydroxyl groups is 1. The van der Waals surface area contributed by atoms with Gasteiger partial charge < -0.3 is 15.2 Å². The van der Waals surface area contributed by atoms with Crippen molar-refractivity contribution in [2.45, 2.75) is 6.42 Å². The zero-order chi connectivity index (χ0) is 12.8. The quantitative estimate of drug-likeness (QED) is 0.848. The van der Waals surface area contributed by atoms with Gasteiger partial charge in [0.15, 0.2) is 11.5 Å². The lowest BCUT2D eigenvalue weighted by atomic mass is 10.1. The summed E-state index contributed by atoms with van der Waals surface area (Å²) in [4.78, 5) is 0. The van der Waals surface area contributed by atoms with Crippen LogP contribution in [0.4, 0.5) is 5.69 Å². The monoisotopic (exact) mass is 243 g/mol. The maximum absolute atomic E-state index is 9.64. The molecule has 0 aromatic heterocycles. The molecule has 2 aromatic rings. The number of anilines is 1. The fourth-order valence-corrected chi connectivity index (χ4v) is 1.80. The fourth-order valence-electron chi connectivity index (χ4n) is 1.80. The van der Waals surface area contributed by atoms with Gasteiger partial charge in [0, 0.05) is 18.3 Å². The molecule has 0 fully saturated rings. The molecule has 0 bridgehead atoms. The Morgan fingerprint density at radius 2 is 1.89 bits per heavy atom. The molecule has 18 heavy (non-hydrogen) atoms. The first-order valence-electron chi connectivity index (χ1n) is 5.94. The van der Waals surface area contributed by atoms with E-state index in [0.717, 1.165) is 18.7 Å². The highest BCUT2D eigenvalue weighted by Crippen LogP contribution is 2.28. The second-order valence-corrected chi connectivity index (χ2v) is 4.05. The van der Waals surface area contributed by atoms with E-state index >= 15 is 0 Å². The number of ether oxygens (including phenoxy) is 1. The number of phenolic OH excluding ortho intramolecular Hbond substituents is 1. The van der Waals surface area contributed by atoms with Crippen molar-refractivity contribution < 1.29 is 9.84 Å². The summed E-state index contributed by atoms with van der Waals surface area (Å²) in [5.74, 6) is 0.644. The Labute approximate surface area is 107 Å². The van der Waals surface area contributed by atoms with E-state index in [0.29, 0.717) is 5.75 Å². The second kappa shape index (κ2) is 5.96. The molecule has 0 spiro atoms. The largest absolute Gasteiger partial charge is 0.504 e. The Morgan fingerprint density at radius 3 is 2.56 bits per heavy atom. The van der Waals surface area contributed by atoms with Gasteiger partial charge in [0.2, 0.25) is 0 Å². The molecule has 3 heteroatoms. The number of hydrogen-bond acceptors (Lipinski definition) is 3. The summed E-state index contributed by atoms with van der Waals surface area (Å²) < 4.78 is 5.00. The van der Waals surface area contributed by atoms with E-state index in [1.54, 1.807) is 12.1 Å². The highest BCUT2D eigenvalue weighted by Gasteiger charge is 2.01. The molecular weight excluding hydrogens is 226 g/mol. The molecule has 94 valence electrons. The predicted molar refractivity (Wildman–Crippen MR) is 73.3 cm³/mol. The van der Waals surface area contributed by atoms with Crippen molar-refractivity contribution in [3.8, 4) is 11.5 Å². The normalized spacial score (nSPS) is 10.1. The van der Waals surface area contributed by atoms with Crippen molar-refractivity contribution in [1.82, 2.24) is 0 Å². The second-order valence-electron chi connectivity index (χ2n) is 4.05. The summed E-state index contributed by atoms with van der Waals surface area (Å²) in [6, 6.07) is 15.6. The highest BCUT2D eigenvalue weighted by atomic mass is 16.5. The Balaban J connectivity index is 1.89. The van der Waals surface area contributed by atoms with Crippen molar-refractivity contribution in [1.29, 1.82) is 0 Å². The standard InChI is InChI=1S/C15H17NO2/c1-18-15-8-7-13(11-14(15)17)16-10-9-12-5-3-2-4-6-12/h2-8,11,16-17H,9-10H2,1H3. The number of phenols is 1. The highest BCUT2D eigenvalue weighted by molar-refractivity contribution is 5.54. The molecule has 0 saturated heterocycles. The lowest BCUT2D eigenvalue weighted by Gasteiger charge is -2.09. The molecule has 3 nitrogen and oxygen atoms in total. The molecule has 0 aliphatic carbocycles. The predicted octanol–water partition coefficient (Wildman–Crippen LogP) is 3.06. The third-order valence-electron chi connectivity index (χ3n) is 2.76. The Morgan fingerprint density at radius 1 is 1.11 bits per heavy atom.